The largest absolute Gasteiger partial charge is 0.478 e. The monoisotopic (exact) mass is 286 g/mol. The Bertz CT molecular complexity index is 842. The normalized spacial score (nSPS) is 10.8. The van der Waals surface area contributed by atoms with E-state index < -0.39 is 5.97 Å². The zero-order chi connectivity index (χ0) is 15.0. The molecule has 0 radical (unpaired) electrons. The molecule has 106 valence electrons. The number of anilines is 2. The van der Waals surface area contributed by atoms with Crippen molar-refractivity contribution in [3.63, 3.8) is 0 Å². The number of carboxylic acid groups (broad SMARTS) is 1. The van der Waals surface area contributed by atoms with E-state index in [0.717, 1.165) is 0 Å². The minimum Gasteiger partial charge on any atom is -0.478 e. The molecule has 0 saturated heterocycles. The number of halogens is 1. The van der Waals surface area contributed by atoms with Crippen molar-refractivity contribution in [2.45, 2.75) is 6.92 Å². The number of oxazole rings is 1. The maximum Gasteiger partial charge on any atom is 0.335 e. The summed E-state index contributed by atoms with van der Waals surface area (Å²) in [5.41, 5.74) is 2.42. The molecule has 3 aromatic rings. The molecule has 21 heavy (non-hydrogen) atoms. The molecule has 2 aromatic carbocycles. The fraction of sp³-hybridized carbons (Fsp3) is 0.0667. The van der Waals surface area contributed by atoms with Gasteiger partial charge in [0.15, 0.2) is 5.58 Å². The van der Waals surface area contributed by atoms with Gasteiger partial charge in [-0.05, 0) is 48.9 Å². The lowest BCUT2D eigenvalue weighted by atomic mass is 10.2. The SMILES string of the molecule is Cc1cc(F)ccc1Nc1nc2ccc(C(=O)O)cc2o1. The van der Waals surface area contributed by atoms with E-state index in [4.69, 9.17) is 9.52 Å². The molecule has 0 aliphatic carbocycles. The Morgan fingerprint density at radius 2 is 2.10 bits per heavy atom. The Kier molecular flexibility index (Phi) is 3.06. The maximum atomic E-state index is 13.1. The van der Waals surface area contributed by atoms with Crippen molar-refractivity contribution in [3.8, 4) is 0 Å². The number of rotatable bonds is 3. The van der Waals surface area contributed by atoms with Crippen LogP contribution in [-0.4, -0.2) is 16.1 Å². The molecule has 0 saturated carbocycles. The third-order valence-corrected chi connectivity index (χ3v) is 3.07. The van der Waals surface area contributed by atoms with Crippen LogP contribution in [-0.2, 0) is 0 Å². The molecule has 0 fully saturated rings. The van der Waals surface area contributed by atoms with Gasteiger partial charge in [-0.2, -0.15) is 4.98 Å². The van der Waals surface area contributed by atoms with Crippen LogP contribution >= 0.6 is 0 Å². The lowest BCUT2D eigenvalue weighted by Gasteiger charge is -2.05. The van der Waals surface area contributed by atoms with Gasteiger partial charge < -0.3 is 14.8 Å². The molecule has 0 bridgehead atoms. The van der Waals surface area contributed by atoms with Crippen LogP contribution in [0.4, 0.5) is 16.1 Å². The van der Waals surface area contributed by atoms with Gasteiger partial charge in [-0.3, -0.25) is 0 Å². The van der Waals surface area contributed by atoms with E-state index in [0.29, 0.717) is 22.4 Å². The number of benzene rings is 2. The van der Waals surface area contributed by atoms with Gasteiger partial charge in [-0.25, -0.2) is 9.18 Å². The molecule has 5 nitrogen and oxygen atoms in total. The molecular formula is C15H11FN2O3. The fourth-order valence-electron chi connectivity index (χ4n) is 1.99. The summed E-state index contributed by atoms with van der Waals surface area (Å²) in [6.07, 6.45) is 0. The minimum atomic E-state index is -1.03. The molecule has 0 atom stereocenters. The molecule has 0 aliphatic heterocycles. The highest BCUT2D eigenvalue weighted by Gasteiger charge is 2.10. The van der Waals surface area contributed by atoms with Crippen LogP contribution in [0.1, 0.15) is 15.9 Å². The average molecular weight is 286 g/mol. The Hall–Kier alpha value is -2.89. The van der Waals surface area contributed by atoms with E-state index in [2.05, 4.69) is 10.3 Å². The fourth-order valence-corrected chi connectivity index (χ4v) is 1.99. The number of nitrogens with zero attached hydrogens (tertiary/aromatic N) is 1. The van der Waals surface area contributed by atoms with E-state index in [1.807, 2.05) is 0 Å². The highest BCUT2D eigenvalue weighted by atomic mass is 19.1. The van der Waals surface area contributed by atoms with Crippen LogP contribution < -0.4 is 5.32 Å². The highest BCUT2D eigenvalue weighted by molar-refractivity contribution is 5.92. The van der Waals surface area contributed by atoms with Crippen molar-refractivity contribution in [2.75, 3.05) is 5.32 Å². The average Bonchev–Trinajstić information content (AvgIpc) is 2.83. The van der Waals surface area contributed by atoms with Gasteiger partial charge in [0.1, 0.15) is 11.3 Å². The van der Waals surface area contributed by atoms with Crippen molar-refractivity contribution in [1.82, 2.24) is 4.98 Å². The van der Waals surface area contributed by atoms with Gasteiger partial charge >= 0.3 is 5.97 Å². The third-order valence-electron chi connectivity index (χ3n) is 3.07. The summed E-state index contributed by atoms with van der Waals surface area (Å²) in [4.78, 5) is 15.1. The van der Waals surface area contributed by atoms with Gasteiger partial charge in [0.2, 0.25) is 0 Å². The van der Waals surface area contributed by atoms with Crippen LogP contribution in [0.5, 0.6) is 0 Å². The zero-order valence-electron chi connectivity index (χ0n) is 11.1. The molecule has 0 spiro atoms. The molecule has 3 rings (SSSR count). The van der Waals surface area contributed by atoms with E-state index in [-0.39, 0.29) is 17.4 Å². The van der Waals surface area contributed by atoms with Crippen LogP contribution in [0.25, 0.3) is 11.1 Å². The van der Waals surface area contributed by atoms with Crippen molar-refractivity contribution >= 4 is 28.8 Å². The summed E-state index contributed by atoms with van der Waals surface area (Å²) in [5.74, 6) is -1.35. The smallest absolute Gasteiger partial charge is 0.335 e. The second-order valence-corrected chi connectivity index (χ2v) is 4.59. The number of aromatic nitrogens is 1. The number of aromatic carboxylic acids is 1. The first-order valence-corrected chi connectivity index (χ1v) is 6.20. The molecule has 1 heterocycles. The second-order valence-electron chi connectivity index (χ2n) is 4.59. The van der Waals surface area contributed by atoms with E-state index in [1.165, 1.54) is 24.3 Å². The lowest BCUT2D eigenvalue weighted by molar-refractivity contribution is 0.0697. The van der Waals surface area contributed by atoms with Crippen LogP contribution in [0.15, 0.2) is 40.8 Å². The predicted octanol–water partition coefficient (Wildman–Crippen LogP) is 3.72. The van der Waals surface area contributed by atoms with Gasteiger partial charge in [0, 0.05) is 5.69 Å². The molecule has 0 unspecified atom stereocenters. The minimum absolute atomic E-state index is 0.128. The number of fused-ring (bicyclic) bond motifs is 1. The van der Waals surface area contributed by atoms with Gasteiger partial charge in [-0.15, -0.1) is 0 Å². The molecule has 0 amide bonds. The maximum absolute atomic E-state index is 13.1. The van der Waals surface area contributed by atoms with E-state index in [9.17, 15) is 9.18 Å². The molecule has 2 N–H and O–H groups in total. The number of aryl methyl sites for hydroxylation is 1. The van der Waals surface area contributed by atoms with Gasteiger partial charge in [-0.1, -0.05) is 0 Å². The standard InChI is InChI=1S/C15H11FN2O3/c1-8-6-10(16)3-5-11(8)17-15-18-12-4-2-9(14(19)20)7-13(12)21-15/h2-7H,1H3,(H,17,18)(H,19,20). The summed E-state index contributed by atoms with van der Waals surface area (Å²) in [6.45, 7) is 1.76. The Labute approximate surface area is 119 Å². The van der Waals surface area contributed by atoms with Crippen molar-refractivity contribution < 1.29 is 18.7 Å². The summed E-state index contributed by atoms with van der Waals surface area (Å²) >= 11 is 0. The third kappa shape index (κ3) is 2.55. The molecular weight excluding hydrogens is 275 g/mol. The highest BCUT2D eigenvalue weighted by Crippen LogP contribution is 2.25. The second kappa shape index (κ2) is 4.90. The predicted molar refractivity (Wildman–Crippen MR) is 75.4 cm³/mol. The van der Waals surface area contributed by atoms with Crippen molar-refractivity contribution in [1.29, 1.82) is 0 Å². The summed E-state index contributed by atoms with van der Waals surface area (Å²) in [5, 5.41) is 11.9. The first-order valence-electron chi connectivity index (χ1n) is 6.20. The van der Waals surface area contributed by atoms with Crippen molar-refractivity contribution in [3.05, 3.63) is 53.3 Å². The first-order chi connectivity index (χ1) is 10.0. The Balaban J connectivity index is 1.95. The number of carboxylic acids is 1. The summed E-state index contributed by atoms with van der Waals surface area (Å²) in [6, 6.07) is 8.98. The topological polar surface area (TPSA) is 75.4 Å². The van der Waals surface area contributed by atoms with E-state index in [1.54, 1.807) is 19.1 Å². The van der Waals surface area contributed by atoms with Gasteiger partial charge in [0.25, 0.3) is 6.01 Å². The Morgan fingerprint density at radius 1 is 1.29 bits per heavy atom. The quantitative estimate of drug-likeness (QED) is 0.767. The lowest BCUT2D eigenvalue weighted by Crippen LogP contribution is -1.94. The first kappa shape index (κ1) is 13.1. The number of hydrogen-bond acceptors (Lipinski definition) is 4. The molecule has 6 heteroatoms. The summed E-state index contributed by atoms with van der Waals surface area (Å²) in [7, 11) is 0. The van der Waals surface area contributed by atoms with Crippen LogP contribution in [0.3, 0.4) is 0 Å². The van der Waals surface area contributed by atoms with Crippen LogP contribution in [0.2, 0.25) is 0 Å². The van der Waals surface area contributed by atoms with Crippen molar-refractivity contribution in [2.24, 2.45) is 0 Å². The Morgan fingerprint density at radius 3 is 2.81 bits per heavy atom. The van der Waals surface area contributed by atoms with E-state index >= 15 is 0 Å². The zero-order valence-corrected chi connectivity index (χ0v) is 11.1. The number of hydrogen-bond donors (Lipinski definition) is 2. The number of carbonyl (C=O) groups is 1. The van der Waals surface area contributed by atoms with Gasteiger partial charge in [0.05, 0.1) is 5.56 Å². The number of nitrogens with one attached hydrogen (secondary N) is 1. The summed E-state index contributed by atoms with van der Waals surface area (Å²) < 4.78 is 18.5. The molecule has 1 aromatic heterocycles. The van der Waals surface area contributed by atoms with Crippen LogP contribution in [0, 0.1) is 12.7 Å². The molecule has 0 aliphatic rings.